The SMILES string of the molecule is CC(C)=NN=c1sc2cc(C)ccc2n1C. The fraction of sp³-hybridized carbons (Fsp3) is 0.333. The molecule has 0 aliphatic rings. The van der Waals surface area contributed by atoms with Gasteiger partial charge in [0.25, 0.3) is 0 Å². The van der Waals surface area contributed by atoms with Crippen molar-refractivity contribution in [1.29, 1.82) is 0 Å². The average molecular weight is 233 g/mol. The van der Waals surface area contributed by atoms with E-state index < -0.39 is 0 Å². The highest BCUT2D eigenvalue weighted by Gasteiger charge is 2.01. The summed E-state index contributed by atoms with van der Waals surface area (Å²) in [5.74, 6) is 0. The normalized spacial score (nSPS) is 12.1. The molecular formula is C12H15N3S. The van der Waals surface area contributed by atoms with Gasteiger partial charge in [-0.05, 0) is 38.5 Å². The number of rotatable bonds is 1. The van der Waals surface area contributed by atoms with Gasteiger partial charge in [-0.25, -0.2) is 0 Å². The molecule has 0 bridgehead atoms. The third kappa shape index (κ3) is 2.07. The molecule has 16 heavy (non-hydrogen) atoms. The van der Waals surface area contributed by atoms with Crippen molar-refractivity contribution in [2.45, 2.75) is 20.8 Å². The summed E-state index contributed by atoms with van der Waals surface area (Å²) >= 11 is 1.67. The van der Waals surface area contributed by atoms with Crippen LogP contribution in [0.4, 0.5) is 0 Å². The average Bonchev–Trinajstić information content (AvgIpc) is 2.52. The van der Waals surface area contributed by atoms with Crippen LogP contribution in [0.3, 0.4) is 0 Å². The van der Waals surface area contributed by atoms with Gasteiger partial charge in [0.05, 0.1) is 10.2 Å². The lowest BCUT2D eigenvalue weighted by Crippen LogP contribution is -2.09. The zero-order valence-corrected chi connectivity index (χ0v) is 10.8. The van der Waals surface area contributed by atoms with E-state index in [0.717, 1.165) is 10.5 Å². The predicted octanol–water partition coefficient (Wildman–Crippen LogP) is 2.84. The highest BCUT2D eigenvalue weighted by molar-refractivity contribution is 7.16. The minimum absolute atomic E-state index is 0.932. The number of fused-ring (bicyclic) bond motifs is 1. The van der Waals surface area contributed by atoms with Crippen LogP contribution in [0.15, 0.2) is 28.4 Å². The molecule has 0 fully saturated rings. The van der Waals surface area contributed by atoms with E-state index in [1.54, 1.807) is 11.3 Å². The van der Waals surface area contributed by atoms with Crippen molar-refractivity contribution in [3.05, 3.63) is 28.6 Å². The maximum atomic E-state index is 4.24. The Bertz CT molecular complexity index is 613. The molecule has 0 aliphatic carbocycles. The van der Waals surface area contributed by atoms with Crippen LogP contribution < -0.4 is 4.80 Å². The molecular weight excluding hydrogens is 218 g/mol. The molecule has 1 aromatic heterocycles. The van der Waals surface area contributed by atoms with Crippen molar-refractivity contribution in [3.63, 3.8) is 0 Å². The summed E-state index contributed by atoms with van der Waals surface area (Å²) in [5, 5.41) is 8.35. The number of hydrogen-bond donors (Lipinski definition) is 0. The molecule has 84 valence electrons. The zero-order valence-electron chi connectivity index (χ0n) is 9.98. The second-order valence-corrected chi connectivity index (χ2v) is 5.07. The van der Waals surface area contributed by atoms with Crippen LogP contribution in [0.2, 0.25) is 0 Å². The van der Waals surface area contributed by atoms with Crippen molar-refractivity contribution in [2.24, 2.45) is 17.3 Å². The number of aromatic nitrogens is 1. The van der Waals surface area contributed by atoms with Gasteiger partial charge in [0.1, 0.15) is 0 Å². The molecule has 0 aliphatic heterocycles. The van der Waals surface area contributed by atoms with Crippen LogP contribution in [0, 0.1) is 6.92 Å². The lowest BCUT2D eigenvalue weighted by molar-refractivity contribution is 0.887. The van der Waals surface area contributed by atoms with E-state index in [4.69, 9.17) is 0 Å². The van der Waals surface area contributed by atoms with Gasteiger partial charge in [0.2, 0.25) is 4.80 Å². The van der Waals surface area contributed by atoms with E-state index >= 15 is 0 Å². The number of nitrogens with zero attached hydrogens (tertiary/aromatic N) is 3. The van der Waals surface area contributed by atoms with E-state index in [-0.39, 0.29) is 0 Å². The van der Waals surface area contributed by atoms with Gasteiger partial charge in [-0.1, -0.05) is 17.4 Å². The van der Waals surface area contributed by atoms with Gasteiger partial charge in [0.15, 0.2) is 0 Å². The number of aryl methyl sites for hydroxylation is 2. The third-order valence-electron chi connectivity index (χ3n) is 2.30. The first-order valence-electron chi connectivity index (χ1n) is 5.19. The summed E-state index contributed by atoms with van der Waals surface area (Å²) in [6.45, 7) is 5.99. The minimum Gasteiger partial charge on any atom is -0.318 e. The zero-order chi connectivity index (χ0) is 11.7. The van der Waals surface area contributed by atoms with E-state index in [1.165, 1.54) is 15.8 Å². The first kappa shape index (κ1) is 11.1. The van der Waals surface area contributed by atoms with Crippen molar-refractivity contribution >= 4 is 27.3 Å². The monoisotopic (exact) mass is 233 g/mol. The summed E-state index contributed by atoms with van der Waals surface area (Å²) in [4.78, 5) is 0.932. The predicted molar refractivity (Wildman–Crippen MR) is 69.9 cm³/mol. The Labute approximate surface area is 98.8 Å². The fourth-order valence-corrected chi connectivity index (χ4v) is 2.55. The number of hydrogen-bond acceptors (Lipinski definition) is 3. The molecule has 3 nitrogen and oxygen atoms in total. The molecule has 0 radical (unpaired) electrons. The van der Waals surface area contributed by atoms with E-state index in [9.17, 15) is 0 Å². The van der Waals surface area contributed by atoms with Crippen molar-refractivity contribution in [1.82, 2.24) is 4.57 Å². The van der Waals surface area contributed by atoms with Crippen LogP contribution >= 0.6 is 11.3 Å². The summed E-state index contributed by atoms with van der Waals surface area (Å²) in [7, 11) is 2.02. The second kappa shape index (κ2) is 4.22. The molecule has 0 atom stereocenters. The summed E-state index contributed by atoms with van der Waals surface area (Å²) in [5.41, 5.74) is 3.45. The molecule has 4 heteroatoms. The molecule has 1 heterocycles. The Morgan fingerprint density at radius 1 is 1.31 bits per heavy atom. The van der Waals surface area contributed by atoms with Crippen LogP contribution in [-0.2, 0) is 7.05 Å². The lowest BCUT2D eigenvalue weighted by atomic mass is 10.2. The van der Waals surface area contributed by atoms with Crippen molar-refractivity contribution < 1.29 is 0 Å². The van der Waals surface area contributed by atoms with Gasteiger partial charge < -0.3 is 4.57 Å². The van der Waals surface area contributed by atoms with Gasteiger partial charge in [-0.15, -0.1) is 5.10 Å². The second-order valence-electron chi connectivity index (χ2n) is 4.06. The maximum Gasteiger partial charge on any atom is 0.211 e. The molecule has 0 N–H and O–H groups in total. The van der Waals surface area contributed by atoms with E-state index in [2.05, 4.69) is 39.9 Å². The van der Waals surface area contributed by atoms with Gasteiger partial charge >= 0.3 is 0 Å². The molecule has 0 saturated heterocycles. The molecule has 2 rings (SSSR count). The fourth-order valence-electron chi connectivity index (χ4n) is 1.48. The Kier molecular flexibility index (Phi) is 2.92. The van der Waals surface area contributed by atoms with Crippen molar-refractivity contribution in [3.8, 4) is 0 Å². The molecule has 2 aromatic rings. The highest BCUT2D eigenvalue weighted by atomic mass is 32.1. The third-order valence-corrected chi connectivity index (χ3v) is 3.39. The quantitative estimate of drug-likeness (QED) is 0.535. The molecule has 1 aromatic carbocycles. The van der Waals surface area contributed by atoms with Gasteiger partial charge in [0, 0.05) is 12.8 Å². The molecule has 0 saturated carbocycles. The topological polar surface area (TPSA) is 29.6 Å². The number of benzene rings is 1. The minimum atomic E-state index is 0.932. The van der Waals surface area contributed by atoms with Crippen LogP contribution in [0.1, 0.15) is 19.4 Å². The Morgan fingerprint density at radius 2 is 2.06 bits per heavy atom. The lowest BCUT2D eigenvalue weighted by Gasteiger charge is -1.95. The largest absolute Gasteiger partial charge is 0.318 e. The maximum absolute atomic E-state index is 4.24. The first-order chi connectivity index (χ1) is 7.58. The summed E-state index contributed by atoms with van der Waals surface area (Å²) in [6, 6.07) is 6.43. The standard InChI is InChI=1S/C12H15N3S/c1-8(2)13-14-12-15(4)10-6-5-9(3)7-11(10)16-12/h5-7H,1-4H3. The van der Waals surface area contributed by atoms with Crippen LogP contribution in [-0.4, -0.2) is 10.3 Å². The van der Waals surface area contributed by atoms with Crippen LogP contribution in [0.5, 0.6) is 0 Å². The molecule has 0 spiro atoms. The molecule has 0 amide bonds. The summed E-state index contributed by atoms with van der Waals surface area (Å²) in [6.07, 6.45) is 0. The smallest absolute Gasteiger partial charge is 0.211 e. The Balaban J connectivity index is 2.69. The van der Waals surface area contributed by atoms with Crippen LogP contribution in [0.25, 0.3) is 10.2 Å². The Morgan fingerprint density at radius 3 is 2.75 bits per heavy atom. The summed E-state index contributed by atoms with van der Waals surface area (Å²) < 4.78 is 3.33. The van der Waals surface area contributed by atoms with Gasteiger partial charge in [-0.3, -0.25) is 0 Å². The Hall–Kier alpha value is -1.42. The van der Waals surface area contributed by atoms with Gasteiger partial charge in [-0.2, -0.15) is 5.10 Å². The highest BCUT2D eigenvalue weighted by Crippen LogP contribution is 2.17. The number of thiazole rings is 1. The van der Waals surface area contributed by atoms with Crippen molar-refractivity contribution in [2.75, 3.05) is 0 Å². The molecule has 0 unspecified atom stereocenters. The first-order valence-corrected chi connectivity index (χ1v) is 6.00. The van der Waals surface area contributed by atoms with E-state index in [0.29, 0.717) is 0 Å². The van der Waals surface area contributed by atoms with E-state index in [1.807, 2.05) is 20.9 Å².